The Balaban J connectivity index is 1.84. The summed E-state index contributed by atoms with van der Waals surface area (Å²) in [7, 11) is 0. The van der Waals surface area contributed by atoms with Crippen LogP contribution in [0.2, 0.25) is 0 Å². The van der Waals surface area contributed by atoms with Crippen LogP contribution < -0.4 is 0 Å². The number of aromatic nitrogens is 3. The van der Waals surface area contributed by atoms with Crippen LogP contribution in [0.15, 0.2) is 71.4 Å². The van der Waals surface area contributed by atoms with Crippen LogP contribution in [0.4, 0.5) is 0 Å². The summed E-state index contributed by atoms with van der Waals surface area (Å²) >= 11 is 0. The zero-order valence-corrected chi connectivity index (χ0v) is 12.1. The van der Waals surface area contributed by atoms with Gasteiger partial charge >= 0.3 is 0 Å². The molecule has 4 heteroatoms. The topological polar surface area (TPSA) is 51.8 Å². The molecule has 0 unspecified atom stereocenters. The van der Waals surface area contributed by atoms with Gasteiger partial charge in [0.15, 0.2) is 5.65 Å². The number of benzene rings is 2. The Morgan fingerprint density at radius 2 is 1.70 bits per heavy atom. The minimum Gasteiger partial charge on any atom is -0.455 e. The van der Waals surface area contributed by atoms with Gasteiger partial charge in [-0.1, -0.05) is 30.3 Å². The zero-order chi connectivity index (χ0) is 15.2. The molecule has 5 aromatic rings. The second kappa shape index (κ2) is 4.61. The van der Waals surface area contributed by atoms with Gasteiger partial charge in [-0.05, 0) is 24.3 Å². The van der Waals surface area contributed by atoms with E-state index in [0.29, 0.717) is 5.65 Å². The Labute approximate surface area is 131 Å². The van der Waals surface area contributed by atoms with Crippen molar-refractivity contribution in [2.75, 3.05) is 0 Å². The predicted octanol–water partition coefficient (Wildman–Crippen LogP) is 4.59. The number of hydrogen-bond acceptors (Lipinski definition) is 4. The first-order chi connectivity index (χ1) is 11.4. The highest BCUT2D eigenvalue weighted by Crippen LogP contribution is 2.34. The van der Waals surface area contributed by atoms with E-state index in [1.807, 2.05) is 42.5 Å². The number of furan rings is 1. The molecular weight excluding hydrogens is 286 g/mol. The first kappa shape index (κ1) is 12.3. The number of nitrogens with zero attached hydrogens (tertiary/aromatic N) is 3. The summed E-state index contributed by atoms with van der Waals surface area (Å²) in [6.07, 6.45) is 3.49. The van der Waals surface area contributed by atoms with E-state index in [1.165, 1.54) is 0 Å². The first-order valence-corrected chi connectivity index (χ1v) is 7.38. The summed E-state index contributed by atoms with van der Waals surface area (Å²) in [5.74, 6) is 0. The lowest BCUT2D eigenvalue weighted by Gasteiger charge is -2.02. The maximum Gasteiger partial charge on any atom is 0.178 e. The fourth-order valence-corrected chi connectivity index (χ4v) is 2.93. The molecule has 0 bridgehead atoms. The van der Waals surface area contributed by atoms with E-state index >= 15 is 0 Å². The van der Waals surface area contributed by atoms with Crippen molar-refractivity contribution in [3.8, 4) is 11.3 Å². The van der Waals surface area contributed by atoms with Gasteiger partial charge < -0.3 is 4.42 Å². The maximum atomic E-state index is 6.06. The van der Waals surface area contributed by atoms with E-state index in [0.717, 1.165) is 38.7 Å². The van der Waals surface area contributed by atoms with Gasteiger partial charge in [-0.3, -0.25) is 4.98 Å². The molecule has 4 nitrogen and oxygen atoms in total. The van der Waals surface area contributed by atoms with Crippen LogP contribution >= 0.6 is 0 Å². The average molecular weight is 297 g/mol. The first-order valence-electron chi connectivity index (χ1n) is 7.38. The van der Waals surface area contributed by atoms with Crippen molar-refractivity contribution < 1.29 is 4.42 Å². The quantitative estimate of drug-likeness (QED) is 0.454. The molecule has 3 aromatic heterocycles. The lowest BCUT2D eigenvalue weighted by atomic mass is 10.1. The van der Waals surface area contributed by atoms with Crippen LogP contribution in [0.3, 0.4) is 0 Å². The molecule has 0 aliphatic rings. The second-order valence-electron chi connectivity index (χ2n) is 5.38. The summed E-state index contributed by atoms with van der Waals surface area (Å²) in [5, 5.41) is 2.19. The molecular formula is C19H11N3O. The zero-order valence-electron chi connectivity index (χ0n) is 12.1. The fourth-order valence-electron chi connectivity index (χ4n) is 2.93. The minimum absolute atomic E-state index is 0.637. The number of fused-ring (bicyclic) bond motifs is 4. The molecule has 23 heavy (non-hydrogen) atoms. The van der Waals surface area contributed by atoms with E-state index in [9.17, 15) is 0 Å². The molecule has 0 aliphatic heterocycles. The molecule has 0 amide bonds. The van der Waals surface area contributed by atoms with Crippen molar-refractivity contribution in [2.24, 2.45) is 0 Å². The fraction of sp³-hybridized carbons (Fsp3) is 0. The molecule has 0 atom stereocenters. The number of hydrogen-bond donors (Lipinski definition) is 0. The standard InChI is InChI=1S/C19H11N3O/c1-2-9-17-12(5-1)13-6-3-7-14(18(13)23-17)16-11-21-15-8-4-10-20-19(15)22-16/h1-11H. The van der Waals surface area contributed by atoms with Gasteiger partial charge in [0.05, 0.1) is 11.9 Å². The highest BCUT2D eigenvalue weighted by molar-refractivity contribution is 6.09. The lowest BCUT2D eigenvalue weighted by molar-refractivity contribution is 0.670. The molecule has 0 N–H and O–H groups in total. The summed E-state index contributed by atoms with van der Waals surface area (Å²) < 4.78 is 6.06. The third-order valence-electron chi connectivity index (χ3n) is 4.00. The summed E-state index contributed by atoms with van der Waals surface area (Å²) in [4.78, 5) is 13.4. The van der Waals surface area contributed by atoms with E-state index in [4.69, 9.17) is 4.42 Å². The van der Waals surface area contributed by atoms with E-state index in [2.05, 4.69) is 27.1 Å². The van der Waals surface area contributed by atoms with Crippen LogP contribution in [0.5, 0.6) is 0 Å². The van der Waals surface area contributed by atoms with Crippen molar-refractivity contribution in [3.05, 3.63) is 67.0 Å². The third kappa shape index (κ3) is 1.82. The minimum atomic E-state index is 0.637. The van der Waals surface area contributed by atoms with Crippen LogP contribution in [-0.4, -0.2) is 15.0 Å². The molecule has 0 spiro atoms. The van der Waals surface area contributed by atoms with Crippen LogP contribution in [0.25, 0.3) is 44.4 Å². The average Bonchev–Trinajstić information content (AvgIpc) is 3.00. The molecule has 0 fully saturated rings. The molecule has 5 rings (SSSR count). The Hall–Kier alpha value is -3.27. The van der Waals surface area contributed by atoms with E-state index in [-0.39, 0.29) is 0 Å². The molecule has 0 saturated carbocycles. The number of para-hydroxylation sites is 2. The summed E-state index contributed by atoms with van der Waals surface area (Å²) in [6, 6.07) is 17.9. The predicted molar refractivity (Wildman–Crippen MR) is 90.0 cm³/mol. The maximum absolute atomic E-state index is 6.06. The second-order valence-corrected chi connectivity index (χ2v) is 5.38. The highest BCUT2D eigenvalue weighted by atomic mass is 16.3. The largest absolute Gasteiger partial charge is 0.455 e. The Morgan fingerprint density at radius 3 is 2.70 bits per heavy atom. The molecule has 2 aromatic carbocycles. The van der Waals surface area contributed by atoms with Gasteiger partial charge in [0.25, 0.3) is 0 Å². The van der Waals surface area contributed by atoms with Crippen LogP contribution in [-0.2, 0) is 0 Å². The SMILES string of the molecule is c1cnc2nc(-c3cccc4c3oc3ccccc34)cnc2c1. The van der Waals surface area contributed by atoms with Crippen LogP contribution in [0.1, 0.15) is 0 Å². The van der Waals surface area contributed by atoms with Crippen molar-refractivity contribution in [1.82, 2.24) is 15.0 Å². The van der Waals surface area contributed by atoms with Crippen molar-refractivity contribution in [1.29, 1.82) is 0 Å². The van der Waals surface area contributed by atoms with Crippen molar-refractivity contribution in [2.45, 2.75) is 0 Å². The van der Waals surface area contributed by atoms with Crippen LogP contribution in [0, 0.1) is 0 Å². The Bertz CT molecular complexity index is 1180. The number of pyridine rings is 1. The molecule has 0 radical (unpaired) electrons. The van der Waals surface area contributed by atoms with Gasteiger partial charge in [-0.2, -0.15) is 0 Å². The van der Waals surface area contributed by atoms with Crippen molar-refractivity contribution >= 4 is 33.1 Å². The van der Waals surface area contributed by atoms with Crippen molar-refractivity contribution in [3.63, 3.8) is 0 Å². The third-order valence-corrected chi connectivity index (χ3v) is 4.00. The number of rotatable bonds is 1. The van der Waals surface area contributed by atoms with E-state index < -0.39 is 0 Å². The lowest BCUT2D eigenvalue weighted by Crippen LogP contribution is -1.90. The molecule has 0 aliphatic carbocycles. The normalized spacial score (nSPS) is 11.5. The van der Waals surface area contributed by atoms with E-state index in [1.54, 1.807) is 12.4 Å². The molecule has 108 valence electrons. The van der Waals surface area contributed by atoms with Gasteiger partial charge in [-0.15, -0.1) is 0 Å². The van der Waals surface area contributed by atoms with Gasteiger partial charge in [-0.25, -0.2) is 9.97 Å². The monoisotopic (exact) mass is 297 g/mol. The molecule has 3 heterocycles. The Morgan fingerprint density at radius 1 is 0.783 bits per heavy atom. The molecule has 0 saturated heterocycles. The summed E-state index contributed by atoms with van der Waals surface area (Å²) in [5.41, 5.74) is 4.82. The van der Waals surface area contributed by atoms with Gasteiger partial charge in [0.2, 0.25) is 0 Å². The Kier molecular flexibility index (Phi) is 2.46. The van der Waals surface area contributed by atoms with Gasteiger partial charge in [0, 0.05) is 22.5 Å². The smallest absolute Gasteiger partial charge is 0.178 e. The highest BCUT2D eigenvalue weighted by Gasteiger charge is 2.13. The summed E-state index contributed by atoms with van der Waals surface area (Å²) in [6.45, 7) is 0. The van der Waals surface area contributed by atoms with Gasteiger partial charge in [0.1, 0.15) is 16.7 Å².